The Kier molecular flexibility index (Phi) is 2.94. The second kappa shape index (κ2) is 4.18. The molecule has 0 saturated heterocycles. The van der Waals surface area contributed by atoms with E-state index in [9.17, 15) is 4.79 Å². The van der Waals surface area contributed by atoms with Crippen molar-refractivity contribution in [2.45, 2.75) is 6.54 Å². The quantitative estimate of drug-likeness (QED) is 0.331. The van der Waals surface area contributed by atoms with E-state index in [0.717, 1.165) is 0 Å². The fourth-order valence-corrected chi connectivity index (χ4v) is 0.869. The number of rotatable bonds is 3. The van der Waals surface area contributed by atoms with Crippen molar-refractivity contribution in [3.63, 3.8) is 0 Å². The minimum Gasteiger partial charge on any atom is -0.464 e. The number of H-pyrrole nitrogens is 1. The minimum absolute atomic E-state index is 0.202. The molecule has 6 nitrogen and oxygen atoms in total. The summed E-state index contributed by atoms with van der Waals surface area (Å²) in [6.45, 7) is 0.202. The molecule has 6 heteroatoms. The summed E-state index contributed by atoms with van der Waals surface area (Å²) < 4.78 is 4.48. The van der Waals surface area contributed by atoms with Crippen LogP contribution in [-0.2, 0) is 11.3 Å². The molecule has 0 amide bonds. The number of nitrogens with zero attached hydrogens (tertiary/aromatic N) is 3. The molecule has 1 aromatic rings. The van der Waals surface area contributed by atoms with Crippen LogP contribution in [0, 0.1) is 0 Å². The van der Waals surface area contributed by atoms with E-state index in [2.05, 4.69) is 19.7 Å². The molecule has 0 radical (unpaired) electrons. The van der Waals surface area contributed by atoms with Gasteiger partial charge in [0.2, 0.25) is 0 Å². The summed E-state index contributed by atoms with van der Waals surface area (Å²) in [5, 5.41) is 3.34. The molecule has 0 aliphatic heterocycles. The van der Waals surface area contributed by atoms with E-state index in [1.165, 1.54) is 7.11 Å². The van der Waals surface area contributed by atoms with Crippen molar-refractivity contribution in [3.8, 4) is 0 Å². The van der Waals surface area contributed by atoms with Crippen LogP contribution in [0.3, 0.4) is 0 Å². The standard InChI is InChI=1S/C7H8N4O2/c1-13-7(12)6-3-2-5(10-6)4-9-11-8/h2-3,10H,4H2,1H3. The summed E-state index contributed by atoms with van der Waals surface area (Å²) in [5.74, 6) is -0.438. The molecular weight excluding hydrogens is 172 g/mol. The van der Waals surface area contributed by atoms with Crippen molar-refractivity contribution in [1.29, 1.82) is 0 Å². The highest BCUT2D eigenvalue weighted by Gasteiger charge is 2.06. The molecule has 0 aliphatic rings. The summed E-state index contributed by atoms with van der Waals surface area (Å²) in [6, 6.07) is 3.25. The van der Waals surface area contributed by atoms with Crippen LogP contribution in [0.25, 0.3) is 10.4 Å². The summed E-state index contributed by atoms with van der Waals surface area (Å²) in [6.07, 6.45) is 0. The van der Waals surface area contributed by atoms with Gasteiger partial charge in [0.15, 0.2) is 0 Å². The molecule has 68 valence electrons. The fourth-order valence-electron chi connectivity index (χ4n) is 0.869. The van der Waals surface area contributed by atoms with E-state index in [0.29, 0.717) is 11.4 Å². The van der Waals surface area contributed by atoms with Crippen LogP contribution in [0.15, 0.2) is 17.2 Å². The third-order valence-corrected chi connectivity index (χ3v) is 1.46. The van der Waals surface area contributed by atoms with Crippen LogP contribution in [0.4, 0.5) is 0 Å². The first kappa shape index (κ1) is 9.15. The number of nitrogens with one attached hydrogen (secondary N) is 1. The molecule has 0 spiro atoms. The van der Waals surface area contributed by atoms with Crippen molar-refractivity contribution < 1.29 is 9.53 Å². The molecule has 1 N–H and O–H groups in total. The molecule has 1 rings (SSSR count). The van der Waals surface area contributed by atoms with Gasteiger partial charge in [-0.2, -0.15) is 0 Å². The smallest absolute Gasteiger partial charge is 0.354 e. The van der Waals surface area contributed by atoms with E-state index < -0.39 is 5.97 Å². The van der Waals surface area contributed by atoms with E-state index in [1.54, 1.807) is 12.1 Å². The highest BCUT2D eigenvalue weighted by atomic mass is 16.5. The Morgan fingerprint density at radius 3 is 3.15 bits per heavy atom. The van der Waals surface area contributed by atoms with Crippen LogP contribution in [0.2, 0.25) is 0 Å². The van der Waals surface area contributed by atoms with Crippen LogP contribution in [0.5, 0.6) is 0 Å². The predicted molar refractivity (Wildman–Crippen MR) is 45.0 cm³/mol. The highest BCUT2D eigenvalue weighted by Crippen LogP contribution is 2.04. The Morgan fingerprint density at radius 1 is 1.77 bits per heavy atom. The van der Waals surface area contributed by atoms with Crippen molar-refractivity contribution in [2.24, 2.45) is 5.11 Å². The maximum absolute atomic E-state index is 10.9. The SMILES string of the molecule is COC(=O)c1ccc(CN=[N+]=[N-])[nH]1. The van der Waals surface area contributed by atoms with Gasteiger partial charge in [0.1, 0.15) is 5.69 Å². The molecule has 0 aromatic carbocycles. The second-order valence-electron chi connectivity index (χ2n) is 2.28. The van der Waals surface area contributed by atoms with Gasteiger partial charge in [-0.3, -0.25) is 0 Å². The number of hydrogen-bond acceptors (Lipinski definition) is 3. The first-order chi connectivity index (χ1) is 6.27. The third-order valence-electron chi connectivity index (χ3n) is 1.46. The molecular formula is C7H8N4O2. The van der Waals surface area contributed by atoms with Crippen LogP contribution >= 0.6 is 0 Å². The Labute approximate surface area is 74.1 Å². The lowest BCUT2D eigenvalue weighted by Gasteiger charge is -1.93. The molecule has 0 fully saturated rings. The van der Waals surface area contributed by atoms with Crippen molar-refractivity contribution in [3.05, 3.63) is 34.0 Å². The monoisotopic (exact) mass is 180 g/mol. The lowest BCUT2D eigenvalue weighted by Crippen LogP contribution is -2.01. The average Bonchev–Trinajstić information content (AvgIpc) is 2.62. The van der Waals surface area contributed by atoms with E-state index in [1.807, 2.05) is 0 Å². The van der Waals surface area contributed by atoms with Gasteiger partial charge in [-0.1, -0.05) is 5.11 Å². The first-order valence-electron chi connectivity index (χ1n) is 3.55. The van der Waals surface area contributed by atoms with Gasteiger partial charge < -0.3 is 9.72 Å². The van der Waals surface area contributed by atoms with Gasteiger partial charge in [0, 0.05) is 10.6 Å². The van der Waals surface area contributed by atoms with E-state index >= 15 is 0 Å². The molecule has 0 saturated carbocycles. The van der Waals surface area contributed by atoms with E-state index in [-0.39, 0.29) is 6.54 Å². The number of carbonyl (C=O) groups excluding carboxylic acids is 1. The topological polar surface area (TPSA) is 90.8 Å². The van der Waals surface area contributed by atoms with Gasteiger partial charge >= 0.3 is 5.97 Å². The number of ether oxygens (including phenoxy) is 1. The summed E-state index contributed by atoms with van der Waals surface area (Å²) >= 11 is 0. The Balaban J connectivity index is 2.74. The molecule has 0 atom stereocenters. The number of hydrogen-bond donors (Lipinski definition) is 1. The normalized spacial score (nSPS) is 9.00. The zero-order valence-electron chi connectivity index (χ0n) is 7.02. The van der Waals surface area contributed by atoms with Crippen LogP contribution < -0.4 is 0 Å². The largest absolute Gasteiger partial charge is 0.464 e. The molecule has 0 aliphatic carbocycles. The van der Waals surface area contributed by atoms with Crippen LogP contribution in [-0.4, -0.2) is 18.1 Å². The van der Waals surface area contributed by atoms with Gasteiger partial charge in [-0.25, -0.2) is 4.79 Å². The zero-order chi connectivity index (χ0) is 9.68. The van der Waals surface area contributed by atoms with Crippen molar-refractivity contribution in [1.82, 2.24) is 4.98 Å². The third kappa shape index (κ3) is 2.25. The number of methoxy groups -OCH3 is 1. The minimum atomic E-state index is -0.438. The Bertz CT molecular complexity index is 351. The van der Waals surface area contributed by atoms with Gasteiger partial charge in [0.25, 0.3) is 0 Å². The van der Waals surface area contributed by atoms with Gasteiger partial charge in [-0.15, -0.1) is 0 Å². The van der Waals surface area contributed by atoms with Crippen molar-refractivity contribution >= 4 is 5.97 Å². The number of aromatic amines is 1. The molecule has 1 heterocycles. The maximum Gasteiger partial charge on any atom is 0.354 e. The van der Waals surface area contributed by atoms with Crippen LogP contribution in [0.1, 0.15) is 16.2 Å². The lowest BCUT2D eigenvalue weighted by atomic mass is 10.4. The summed E-state index contributed by atoms with van der Waals surface area (Å²) in [5.41, 5.74) is 9.07. The second-order valence-corrected chi connectivity index (χ2v) is 2.28. The molecule has 0 unspecified atom stereocenters. The van der Waals surface area contributed by atoms with Crippen molar-refractivity contribution in [2.75, 3.05) is 7.11 Å². The molecule has 0 bridgehead atoms. The number of carbonyl (C=O) groups is 1. The predicted octanol–water partition coefficient (Wildman–Crippen LogP) is 1.61. The summed E-state index contributed by atoms with van der Waals surface area (Å²) in [4.78, 5) is 16.3. The number of azide groups is 1. The lowest BCUT2D eigenvalue weighted by molar-refractivity contribution is 0.0594. The zero-order valence-corrected chi connectivity index (χ0v) is 7.02. The number of aromatic nitrogens is 1. The first-order valence-corrected chi connectivity index (χ1v) is 3.55. The van der Waals surface area contributed by atoms with Gasteiger partial charge in [0.05, 0.1) is 13.7 Å². The summed E-state index contributed by atoms with van der Waals surface area (Å²) in [7, 11) is 1.30. The van der Waals surface area contributed by atoms with Gasteiger partial charge in [-0.05, 0) is 17.7 Å². The van der Waals surface area contributed by atoms with E-state index in [4.69, 9.17) is 5.53 Å². The highest BCUT2D eigenvalue weighted by molar-refractivity contribution is 5.87. The molecule has 1 aromatic heterocycles. The average molecular weight is 180 g/mol. The fraction of sp³-hybridized carbons (Fsp3) is 0.286. The Hall–Kier alpha value is -1.94. The Morgan fingerprint density at radius 2 is 2.54 bits per heavy atom. The molecule has 13 heavy (non-hydrogen) atoms. The number of esters is 1. The maximum atomic E-state index is 10.9.